The molecule has 8 heteroatoms. The maximum Gasteiger partial charge on any atom is 0.263 e. The Bertz CT molecular complexity index is 1120. The molecule has 0 fully saturated rings. The minimum Gasteiger partial charge on any atom is -0.383 e. The van der Waals surface area contributed by atoms with Gasteiger partial charge in [-0.25, -0.2) is 4.98 Å². The topological polar surface area (TPSA) is 73.2 Å². The predicted octanol–water partition coefficient (Wildman–Crippen LogP) is 4.07. The molecule has 0 spiro atoms. The number of hydrogen-bond donors (Lipinski definition) is 1. The number of carbonyl (C=O) groups is 1. The number of nitrogens with one attached hydrogen (secondary N) is 1. The number of fused-ring (bicyclic) bond motifs is 1. The first-order valence-electron chi connectivity index (χ1n) is 9.31. The minimum absolute atomic E-state index is 0.0776. The summed E-state index contributed by atoms with van der Waals surface area (Å²) in [5.74, 6) is 0.0369. The van der Waals surface area contributed by atoms with Gasteiger partial charge >= 0.3 is 0 Å². The van der Waals surface area contributed by atoms with Gasteiger partial charge in [-0.1, -0.05) is 29.5 Å². The van der Waals surface area contributed by atoms with E-state index < -0.39 is 0 Å². The second-order valence-electron chi connectivity index (χ2n) is 6.96. The van der Waals surface area contributed by atoms with Gasteiger partial charge < -0.3 is 10.1 Å². The number of nitrogens with zero attached hydrogens (tertiary/aromatic N) is 2. The molecule has 29 heavy (non-hydrogen) atoms. The highest BCUT2D eigenvalue weighted by Crippen LogP contribution is 2.28. The zero-order chi connectivity index (χ0) is 21.1. The van der Waals surface area contributed by atoms with Crippen LogP contribution in [0.5, 0.6) is 0 Å². The molecular weight excluding hydrogens is 406 g/mol. The van der Waals surface area contributed by atoms with Crippen LogP contribution in [-0.4, -0.2) is 34.9 Å². The number of thioether (sulfide) groups is 1. The number of ether oxygens (including phenoxy) is 1. The van der Waals surface area contributed by atoms with Crippen LogP contribution in [0.25, 0.3) is 10.2 Å². The highest BCUT2D eigenvalue weighted by atomic mass is 32.2. The van der Waals surface area contributed by atoms with Gasteiger partial charge in [-0.2, -0.15) is 0 Å². The standard InChI is InChI=1S/C21H25N3O3S2/c1-12-6-7-16(13(2)10-12)22-17(25)11-28-21-23-19-18(14(3)15(4)29-19)20(26)24(21)8-9-27-5/h6-7,10H,8-9,11H2,1-5H3,(H,22,25). The van der Waals surface area contributed by atoms with E-state index >= 15 is 0 Å². The first kappa shape index (κ1) is 21.5. The largest absolute Gasteiger partial charge is 0.383 e. The summed E-state index contributed by atoms with van der Waals surface area (Å²) in [6, 6.07) is 5.90. The fourth-order valence-corrected chi connectivity index (χ4v) is 4.96. The molecule has 0 aliphatic carbocycles. The molecule has 3 aromatic rings. The van der Waals surface area contributed by atoms with Crippen LogP contribution in [0.3, 0.4) is 0 Å². The number of aromatic nitrogens is 2. The first-order valence-corrected chi connectivity index (χ1v) is 11.1. The van der Waals surface area contributed by atoms with Gasteiger partial charge in [0.15, 0.2) is 5.16 Å². The van der Waals surface area contributed by atoms with Crippen LogP contribution in [0.2, 0.25) is 0 Å². The molecule has 0 saturated heterocycles. The number of aryl methyl sites for hydroxylation is 4. The molecule has 0 aliphatic heterocycles. The van der Waals surface area contributed by atoms with Crippen LogP contribution >= 0.6 is 23.1 Å². The molecule has 2 heterocycles. The fourth-order valence-electron chi connectivity index (χ4n) is 3.07. The van der Waals surface area contributed by atoms with Crippen molar-refractivity contribution >= 4 is 44.9 Å². The van der Waals surface area contributed by atoms with Gasteiger partial charge in [0.05, 0.1) is 24.3 Å². The van der Waals surface area contributed by atoms with E-state index in [1.54, 1.807) is 11.7 Å². The number of carbonyl (C=O) groups excluding carboxylic acids is 1. The van der Waals surface area contributed by atoms with E-state index in [4.69, 9.17) is 4.74 Å². The number of benzene rings is 1. The lowest BCUT2D eigenvalue weighted by Gasteiger charge is -2.12. The molecule has 1 aromatic carbocycles. The van der Waals surface area contributed by atoms with Gasteiger partial charge in [-0.3, -0.25) is 14.2 Å². The number of thiophene rings is 1. The average molecular weight is 432 g/mol. The Hall–Kier alpha value is -2.16. The lowest BCUT2D eigenvalue weighted by Crippen LogP contribution is -2.26. The molecule has 6 nitrogen and oxygen atoms in total. The molecule has 0 unspecified atom stereocenters. The molecule has 0 aliphatic rings. The smallest absolute Gasteiger partial charge is 0.263 e. The number of methoxy groups -OCH3 is 1. The van der Waals surface area contributed by atoms with Gasteiger partial charge in [0.2, 0.25) is 5.91 Å². The number of amides is 1. The lowest BCUT2D eigenvalue weighted by molar-refractivity contribution is -0.113. The summed E-state index contributed by atoms with van der Waals surface area (Å²) in [5, 5.41) is 4.14. The monoisotopic (exact) mass is 431 g/mol. The maximum absolute atomic E-state index is 13.1. The third-order valence-electron chi connectivity index (χ3n) is 4.76. The average Bonchev–Trinajstić information content (AvgIpc) is 2.96. The molecule has 0 bridgehead atoms. The summed E-state index contributed by atoms with van der Waals surface area (Å²) in [6.07, 6.45) is 0. The van der Waals surface area contributed by atoms with Crippen molar-refractivity contribution in [1.29, 1.82) is 0 Å². The van der Waals surface area contributed by atoms with E-state index in [9.17, 15) is 9.59 Å². The van der Waals surface area contributed by atoms with Gasteiger partial charge in [-0.15, -0.1) is 11.3 Å². The quantitative estimate of drug-likeness (QED) is 0.451. The minimum atomic E-state index is -0.131. The van der Waals surface area contributed by atoms with E-state index in [2.05, 4.69) is 10.3 Å². The summed E-state index contributed by atoms with van der Waals surface area (Å²) in [4.78, 5) is 32.0. The van der Waals surface area contributed by atoms with Crippen molar-refractivity contribution < 1.29 is 9.53 Å². The van der Waals surface area contributed by atoms with E-state index in [0.29, 0.717) is 23.7 Å². The summed E-state index contributed by atoms with van der Waals surface area (Å²) in [5.41, 5.74) is 3.86. The van der Waals surface area contributed by atoms with Crippen molar-refractivity contribution in [2.75, 3.05) is 24.8 Å². The Labute approximate surface area is 178 Å². The van der Waals surface area contributed by atoms with Crippen LogP contribution in [-0.2, 0) is 16.1 Å². The zero-order valence-electron chi connectivity index (χ0n) is 17.3. The summed E-state index contributed by atoms with van der Waals surface area (Å²) < 4.78 is 6.77. The number of anilines is 1. The summed E-state index contributed by atoms with van der Waals surface area (Å²) >= 11 is 2.78. The second kappa shape index (κ2) is 9.11. The van der Waals surface area contributed by atoms with Crippen molar-refractivity contribution in [2.45, 2.75) is 39.4 Å². The number of rotatable bonds is 7. The molecule has 0 saturated carbocycles. The first-order chi connectivity index (χ1) is 13.8. The fraction of sp³-hybridized carbons (Fsp3) is 0.381. The molecule has 2 aromatic heterocycles. The molecule has 1 N–H and O–H groups in total. The Morgan fingerprint density at radius 3 is 2.72 bits per heavy atom. The summed E-state index contributed by atoms with van der Waals surface area (Å²) in [7, 11) is 1.60. The number of hydrogen-bond acceptors (Lipinski definition) is 6. The molecule has 0 radical (unpaired) electrons. The molecule has 3 rings (SSSR count). The van der Waals surface area contributed by atoms with Gasteiger partial charge in [0.25, 0.3) is 5.56 Å². The van der Waals surface area contributed by atoms with Crippen LogP contribution < -0.4 is 10.9 Å². The van der Waals surface area contributed by atoms with Crippen LogP contribution in [0.4, 0.5) is 5.69 Å². The van der Waals surface area contributed by atoms with Gasteiger partial charge in [-0.05, 0) is 44.9 Å². The van der Waals surface area contributed by atoms with E-state index in [1.165, 1.54) is 23.1 Å². The molecule has 154 valence electrons. The Kier molecular flexibility index (Phi) is 6.77. The second-order valence-corrected chi connectivity index (χ2v) is 9.11. The van der Waals surface area contributed by atoms with Gasteiger partial charge in [0, 0.05) is 17.7 Å². The van der Waals surface area contributed by atoms with Crippen LogP contribution in [0.1, 0.15) is 21.6 Å². The highest BCUT2D eigenvalue weighted by Gasteiger charge is 2.17. The van der Waals surface area contributed by atoms with E-state index in [-0.39, 0.29) is 17.2 Å². The van der Waals surface area contributed by atoms with Gasteiger partial charge in [0.1, 0.15) is 4.83 Å². The van der Waals surface area contributed by atoms with Crippen molar-refractivity contribution in [2.24, 2.45) is 0 Å². The van der Waals surface area contributed by atoms with Crippen LogP contribution in [0.15, 0.2) is 28.2 Å². The molecule has 1 amide bonds. The van der Waals surface area contributed by atoms with Crippen LogP contribution in [0, 0.1) is 27.7 Å². The zero-order valence-corrected chi connectivity index (χ0v) is 18.9. The SMILES string of the molecule is COCCn1c(SCC(=O)Nc2ccc(C)cc2C)nc2sc(C)c(C)c2c1=O. The van der Waals surface area contributed by atoms with Crippen molar-refractivity contribution in [3.63, 3.8) is 0 Å². The normalized spacial score (nSPS) is 11.2. The van der Waals surface area contributed by atoms with Crippen molar-refractivity contribution in [3.05, 3.63) is 50.1 Å². The predicted molar refractivity (Wildman–Crippen MR) is 120 cm³/mol. The summed E-state index contributed by atoms with van der Waals surface area (Å²) in [6.45, 7) is 8.72. The Morgan fingerprint density at radius 2 is 2.03 bits per heavy atom. The Morgan fingerprint density at radius 1 is 1.28 bits per heavy atom. The molecular formula is C21H25N3O3S2. The van der Waals surface area contributed by atoms with E-state index in [0.717, 1.165) is 32.1 Å². The van der Waals surface area contributed by atoms with Crippen molar-refractivity contribution in [1.82, 2.24) is 9.55 Å². The van der Waals surface area contributed by atoms with E-state index in [1.807, 2.05) is 45.9 Å². The molecule has 0 atom stereocenters. The third kappa shape index (κ3) is 4.71. The highest BCUT2D eigenvalue weighted by molar-refractivity contribution is 7.99. The Balaban J connectivity index is 1.84. The van der Waals surface area contributed by atoms with Crippen molar-refractivity contribution in [3.8, 4) is 0 Å². The third-order valence-corrected chi connectivity index (χ3v) is 6.84. The maximum atomic E-state index is 13.1. The lowest BCUT2D eigenvalue weighted by atomic mass is 10.1.